The number of nitrogens with one attached hydrogen (secondary N) is 2. The summed E-state index contributed by atoms with van der Waals surface area (Å²) in [5, 5.41) is 6.96. The van der Waals surface area contributed by atoms with Gasteiger partial charge in [-0.15, -0.1) is 0 Å². The Morgan fingerprint density at radius 1 is 1.00 bits per heavy atom. The third-order valence-electron chi connectivity index (χ3n) is 3.18. The molecule has 1 aliphatic heterocycles. The zero-order valence-electron chi connectivity index (χ0n) is 12.4. The smallest absolute Gasteiger partial charge is 0.00768 e. The molecule has 3 nitrogen and oxygen atoms in total. The van der Waals surface area contributed by atoms with Crippen molar-refractivity contribution in [3.63, 3.8) is 0 Å². The zero-order valence-corrected chi connectivity index (χ0v) is 12.4. The number of hydrogen-bond acceptors (Lipinski definition) is 3. The highest BCUT2D eigenvalue weighted by Crippen LogP contribution is 2.14. The predicted octanol–water partition coefficient (Wildman–Crippen LogP) is 1.94. The van der Waals surface area contributed by atoms with Crippen LogP contribution in [0.1, 0.15) is 40.0 Å². The van der Waals surface area contributed by atoms with Crippen LogP contribution in [0.2, 0.25) is 0 Å². The summed E-state index contributed by atoms with van der Waals surface area (Å²) < 4.78 is 0. The predicted molar refractivity (Wildman–Crippen MR) is 77.6 cm³/mol. The first-order valence-electron chi connectivity index (χ1n) is 7.43. The number of likely N-dealkylation sites (tertiary alicyclic amines) is 1. The Bertz CT molecular complexity index is 142. The average molecular weight is 243 g/mol. The molecule has 0 radical (unpaired) electrons. The summed E-state index contributed by atoms with van der Waals surface area (Å²) in [7, 11) is 2.22. The second-order valence-corrected chi connectivity index (χ2v) is 4.70. The Morgan fingerprint density at radius 3 is 2.18 bits per heavy atom. The average Bonchev–Trinajstić information content (AvgIpc) is 2.38. The molecule has 1 saturated heterocycles. The molecule has 0 spiro atoms. The molecule has 0 aromatic rings. The van der Waals surface area contributed by atoms with Crippen molar-refractivity contribution in [1.82, 2.24) is 15.5 Å². The van der Waals surface area contributed by atoms with Gasteiger partial charge in [-0.05, 0) is 58.4 Å². The third kappa shape index (κ3) is 9.57. The highest BCUT2D eigenvalue weighted by atomic mass is 15.1. The summed E-state index contributed by atoms with van der Waals surface area (Å²) in [5.41, 5.74) is 0. The van der Waals surface area contributed by atoms with E-state index in [-0.39, 0.29) is 0 Å². The van der Waals surface area contributed by atoms with Crippen LogP contribution in [0.15, 0.2) is 0 Å². The lowest BCUT2D eigenvalue weighted by Crippen LogP contribution is -2.36. The van der Waals surface area contributed by atoms with Gasteiger partial charge in [-0.1, -0.05) is 20.8 Å². The van der Waals surface area contributed by atoms with Gasteiger partial charge in [0.1, 0.15) is 0 Å². The van der Waals surface area contributed by atoms with Gasteiger partial charge in [-0.3, -0.25) is 0 Å². The Hall–Kier alpha value is -0.120. The topological polar surface area (TPSA) is 27.3 Å². The minimum atomic E-state index is 0.910. The molecule has 0 aliphatic carbocycles. The standard InChI is InChI=1S/C12H27N3.C2H6/c1-3-6-13-7-8-14-11-12-4-9-15(2)10-5-12;1-2/h12-14H,3-11H2,1-2H3;1-2H3. The van der Waals surface area contributed by atoms with Gasteiger partial charge < -0.3 is 15.5 Å². The van der Waals surface area contributed by atoms with Crippen LogP contribution in [-0.2, 0) is 0 Å². The zero-order chi connectivity index (χ0) is 12.9. The van der Waals surface area contributed by atoms with Crippen molar-refractivity contribution < 1.29 is 0 Å². The van der Waals surface area contributed by atoms with Gasteiger partial charge in [-0.25, -0.2) is 0 Å². The largest absolute Gasteiger partial charge is 0.315 e. The second kappa shape index (κ2) is 12.3. The number of hydrogen-bond donors (Lipinski definition) is 2. The van der Waals surface area contributed by atoms with E-state index in [1.165, 1.54) is 38.9 Å². The van der Waals surface area contributed by atoms with Gasteiger partial charge in [-0.2, -0.15) is 0 Å². The maximum Gasteiger partial charge on any atom is 0.00768 e. The molecule has 0 atom stereocenters. The van der Waals surface area contributed by atoms with E-state index in [1.807, 2.05) is 13.8 Å². The molecule has 0 aromatic heterocycles. The van der Waals surface area contributed by atoms with Crippen molar-refractivity contribution >= 4 is 0 Å². The Morgan fingerprint density at radius 2 is 1.59 bits per heavy atom. The van der Waals surface area contributed by atoms with Gasteiger partial charge in [0.25, 0.3) is 0 Å². The summed E-state index contributed by atoms with van der Waals surface area (Å²) in [5.74, 6) is 0.910. The van der Waals surface area contributed by atoms with Crippen LogP contribution < -0.4 is 10.6 Å². The molecule has 1 heterocycles. The quantitative estimate of drug-likeness (QED) is 0.669. The van der Waals surface area contributed by atoms with Crippen LogP contribution in [0, 0.1) is 5.92 Å². The molecule has 0 bridgehead atoms. The first kappa shape index (κ1) is 16.9. The summed E-state index contributed by atoms with van der Waals surface area (Å²) in [6, 6.07) is 0. The molecule has 1 rings (SSSR count). The van der Waals surface area contributed by atoms with E-state index in [0.29, 0.717) is 0 Å². The molecule has 0 aromatic carbocycles. The first-order chi connectivity index (χ1) is 8.33. The first-order valence-corrected chi connectivity index (χ1v) is 7.43. The van der Waals surface area contributed by atoms with E-state index in [4.69, 9.17) is 0 Å². The maximum absolute atomic E-state index is 3.55. The lowest BCUT2D eigenvalue weighted by Gasteiger charge is -2.29. The van der Waals surface area contributed by atoms with E-state index in [1.54, 1.807) is 0 Å². The van der Waals surface area contributed by atoms with Crippen molar-refractivity contribution in [2.75, 3.05) is 46.3 Å². The summed E-state index contributed by atoms with van der Waals surface area (Å²) >= 11 is 0. The second-order valence-electron chi connectivity index (χ2n) is 4.70. The molecule has 0 saturated carbocycles. The minimum absolute atomic E-state index is 0.910. The third-order valence-corrected chi connectivity index (χ3v) is 3.18. The number of nitrogens with zero attached hydrogens (tertiary/aromatic N) is 1. The molecular weight excluding hydrogens is 210 g/mol. The monoisotopic (exact) mass is 243 g/mol. The van der Waals surface area contributed by atoms with Crippen LogP contribution in [0.5, 0.6) is 0 Å². The lowest BCUT2D eigenvalue weighted by molar-refractivity contribution is 0.216. The Balaban J connectivity index is 0.00000121. The molecule has 17 heavy (non-hydrogen) atoms. The van der Waals surface area contributed by atoms with Crippen molar-refractivity contribution in [2.45, 2.75) is 40.0 Å². The van der Waals surface area contributed by atoms with Crippen LogP contribution in [-0.4, -0.2) is 51.2 Å². The van der Waals surface area contributed by atoms with Crippen molar-refractivity contribution in [2.24, 2.45) is 5.92 Å². The van der Waals surface area contributed by atoms with Crippen LogP contribution in [0.3, 0.4) is 0 Å². The van der Waals surface area contributed by atoms with E-state index < -0.39 is 0 Å². The summed E-state index contributed by atoms with van der Waals surface area (Å²) in [4.78, 5) is 2.43. The van der Waals surface area contributed by atoms with E-state index in [2.05, 4.69) is 29.5 Å². The minimum Gasteiger partial charge on any atom is -0.315 e. The fourth-order valence-corrected chi connectivity index (χ4v) is 2.05. The van der Waals surface area contributed by atoms with Gasteiger partial charge in [0, 0.05) is 13.1 Å². The van der Waals surface area contributed by atoms with Crippen LogP contribution >= 0.6 is 0 Å². The maximum atomic E-state index is 3.55. The van der Waals surface area contributed by atoms with Crippen LogP contribution in [0.4, 0.5) is 0 Å². The molecular formula is C14H33N3. The van der Waals surface area contributed by atoms with Gasteiger partial charge >= 0.3 is 0 Å². The van der Waals surface area contributed by atoms with E-state index in [9.17, 15) is 0 Å². The highest BCUT2D eigenvalue weighted by molar-refractivity contribution is 4.71. The molecule has 1 fully saturated rings. The molecule has 3 heteroatoms. The fraction of sp³-hybridized carbons (Fsp3) is 1.00. The Labute approximate surface area is 108 Å². The molecule has 2 N–H and O–H groups in total. The molecule has 104 valence electrons. The molecule has 1 aliphatic rings. The van der Waals surface area contributed by atoms with E-state index in [0.717, 1.165) is 25.6 Å². The van der Waals surface area contributed by atoms with E-state index >= 15 is 0 Å². The van der Waals surface area contributed by atoms with Gasteiger partial charge in [0.15, 0.2) is 0 Å². The van der Waals surface area contributed by atoms with Gasteiger partial charge in [0.2, 0.25) is 0 Å². The lowest BCUT2D eigenvalue weighted by atomic mass is 9.97. The van der Waals surface area contributed by atoms with Crippen LogP contribution in [0.25, 0.3) is 0 Å². The van der Waals surface area contributed by atoms with Crippen molar-refractivity contribution in [3.8, 4) is 0 Å². The van der Waals surface area contributed by atoms with Crippen molar-refractivity contribution in [3.05, 3.63) is 0 Å². The van der Waals surface area contributed by atoms with Gasteiger partial charge in [0.05, 0.1) is 0 Å². The summed E-state index contributed by atoms with van der Waals surface area (Å²) in [6.07, 6.45) is 3.97. The fourth-order valence-electron chi connectivity index (χ4n) is 2.05. The number of rotatable bonds is 7. The molecule has 0 amide bonds. The normalized spacial score (nSPS) is 17.6. The highest BCUT2D eigenvalue weighted by Gasteiger charge is 2.15. The Kier molecular flexibility index (Phi) is 12.3. The van der Waals surface area contributed by atoms with Crippen molar-refractivity contribution in [1.29, 1.82) is 0 Å². The summed E-state index contributed by atoms with van der Waals surface area (Å²) in [6.45, 7) is 13.4. The number of piperidine rings is 1. The SMILES string of the molecule is CC.CCCNCCNCC1CCN(C)CC1. The molecule has 0 unspecified atom stereocenters.